The average Bonchev–Trinajstić information content (AvgIpc) is 2.77. The first kappa shape index (κ1) is 26.9. The first-order chi connectivity index (χ1) is 15.1. The van der Waals surface area contributed by atoms with E-state index in [1.165, 1.54) is 6.92 Å². The van der Waals surface area contributed by atoms with E-state index in [4.69, 9.17) is 20.6 Å². The second-order valence-corrected chi connectivity index (χ2v) is 10.6. The zero-order chi connectivity index (χ0) is 23.9. The van der Waals surface area contributed by atoms with Crippen molar-refractivity contribution < 1.29 is 19.0 Å². The van der Waals surface area contributed by atoms with E-state index in [-0.39, 0.29) is 30.2 Å². The zero-order valence-electron chi connectivity index (χ0n) is 21.3. The number of ether oxygens (including phenoxy) is 3. The van der Waals surface area contributed by atoms with Crippen molar-refractivity contribution in [3.63, 3.8) is 0 Å². The molecule has 0 radical (unpaired) electrons. The van der Waals surface area contributed by atoms with Gasteiger partial charge in [-0.15, -0.1) is 13.0 Å². The van der Waals surface area contributed by atoms with Crippen LogP contribution in [0.2, 0.25) is 0 Å². The molecule has 0 saturated carbocycles. The summed E-state index contributed by atoms with van der Waals surface area (Å²) in [6.45, 7) is 16.4. The molecule has 0 aromatic carbocycles. The van der Waals surface area contributed by atoms with Gasteiger partial charge < -0.3 is 14.2 Å². The quantitative estimate of drug-likeness (QED) is 0.217. The van der Waals surface area contributed by atoms with Crippen molar-refractivity contribution >= 4 is 5.97 Å². The van der Waals surface area contributed by atoms with Crippen LogP contribution in [-0.2, 0) is 19.0 Å². The van der Waals surface area contributed by atoms with Gasteiger partial charge in [0, 0.05) is 19.8 Å². The van der Waals surface area contributed by atoms with Crippen molar-refractivity contribution in [1.29, 1.82) is 0 Å². The van der Waals surface area contributed by atoms with Gasteiger partial charge in [0.25, 0.3) is 0 Å². The third-order valence-corrected chi connectivity index (χ3v) is 7.79. The molecule has 0 unspecified atom stereocenters. The molecule has 0 amide bonds. The Morgan fingerprint density at radius 2 is 1.81 bits per heavy atom. The fourth-order valence-electron chi connectivity index (χ4n) is 5.28. The molecule has 2 heterocycles. The molecule has 9 atom stereocenters. The molecule has 182 valence electrons. The maximum Gasteiger partial charge on any atom is 0.302 e. The topological polar surface area (TPSA) is 44.8 Å². The van der Waals surface area contributed by atoms with Crippen LogP contribution in [-0.4, -0.2) is 30.1 Å². The fourth-order valence-corrected chi connectivity index (χ4v) is 5.28. The molecule has 0 bridgehead atoms. The minimum Gasteiger partial charge on any atom is -0.461 e. The highest BCUT2D eigenvalue weighted by Gasteiger charge is 2.47. The summed E-state index contributed by atoms with van der Waals surface area (Å²) in [4.78, 5) is 11.5. The lowest BCUT2D eigenvalue weighted by molar-refractivity contribution is -0.338. The normalized spacial score (nSPS) is 34.2. The molecular formula is C28H46O4. The van der Waals surface area contributed by atoms with E-state index in [1.54, 1.807) is 0 Å². The van der Waals surface area contributed by atoms with E-state index < -0.39 is 5.79 Å². The van der Waals surface area contributed by atoms with E-state index in [9.17, 15) is 4.79 Å². The Labute approximate surface area is 196 Å². The van der Waals surface area contributed by atoms with Gasteiger partial charge in [-0.3, -0.25) is 4.79 Å². The molecule has 32 heavy (non-hydrogen) atoms. The van der Waals surface area contributed by atoms with Crippen LogP contribution >= 0.6 is 0 Å². The second kappa shape index (κ2) is 12.2. The minimum atomic E-state index is -0.443. The van der Waals surface area contributed by atoms with E-state index in [0.717, 1.165) is 51.4 Å². The van der Waals surface area contributed by atoms with Gasteiger partial charge in [-0.25, -0.2) is 0 Å². The third kappa shape index (κ3) is 7.35. The third-order valence-electron chi connectivity index (χ3n) is 7.79. The number of carbonyl (C=O) groups is 1. The Morgan fingerprint density at radius 1 is 1.16 bits per heavy atom. The molecule has 2 rings (SSSR count). The summed E-state index contributed by atoms with van der Waals surface area (Å²) in [5.74, 6) is 3.82. The summed E-state index contributed by atoms with van der Waals surface area (Å²) in [7, 11) is 0. The van der Waals surface area contributed by atoms with E-state index >= 15 is 0 Å². The van der Waals surface area contributed by atoms with Crippen molar-refractivity contribution in [3.8, 4) is 12.3 Å². The van der Waals surface area contributed by atoms with Crippen molar-refractivity contribution in [2.24, 2.45) is 29.6 Å². The highest BCUT2D eigenvalue weighted by molar-refractivity contribution is 5.66. The Hall–Kier alpha value is -1.31. The summed E-state index contributed by atoms with van der Waals surface area (Å²) >= 11 is 0. The second-order valence-electron chi connectivity index (χ2n) is 10.6. The first-order valence-corrected chi connectivity index (χ1v) is 12.7. The molecule has 0 aliphatic carbocycles. The van der Waals surface area contributed by atoms with Crippen molar-refractivity contribution in [3.05, 3.63) is 12.7 Å². The molecule has 1 spiro atoms. The van der Waals surface area contributed by atoms with Crippen molar-refractivity contribution in [1.82, 2.24) is 0 Å². The maximum atomic E-state index is 11.5. The molecule has 4 heteroatoms. The molecule has 2 aliphatic heterocycles. The van der Waals surface area contributed by atoms with Crippen LogP contribution in [0.25, 0.3) is 0 Å². The smallest absolute Gasteiger partial charge is 0.302 e. The predicted molar refractivity (Wildman–Crippen MR) is 130 cm³/mol. The Kier molecular flexibility index (Phi) is 10.3. The largest absolute Gasteiger partial charge is 0.461 e. The summed E-state index contributed by atoms with van der Waals surface area (Å²) < 4.78 is 19.0. The van der Waals surface area contributed by atoms with Gasteiger partial charge in [-0.05, 0) is 69.1 Å². The van der Waals surface area contributed by atoms with Crippen LogP contribution in [0.4, 0.5) is 0 Å². The Balaban J connectivity index is 2.01. The van der Waals surface area contributed by atoms with Crippen LogP contribution in [0.5, 0.6) is 0 Å². The van der Waals surface area contributed by atoms with Gasteiger partial charge in [0.1, 0.15) is 6.10 Å². The van der Waals surface area contributed by atoms with Gasteiger partial charge in [-0.1, -0.05) is 39.7 Å². The lowest BCUT2D eigenvalue weighted by atomic mass is 9.79. The van der Waals surface area contributed by atoms with E-state index in [2.05, 4.69) is 40.2 Å². The number of esters is 1. The number of hydrogen-bond acceptors (Lipinski definition) is 4. The molecule has 0 N–H and O–H groups in total. The summed E-state index contributed by atoms with van der Waals surface area (Å²) in [5.41, 5.74) is 0. The van der Waals surface area contributed by atoms with Gasteiger partial charge in [-0.2, -0.15) is 0 Å². The molecule has 2 saturated heterocycles. The molecule has 0 aromatic heterocycles. The highest BCUT2D eigenvalue weighted by Crippen LogP contribution is 2.45. The van der Waals surface area contributed by atoms with Gasteiger partial charge >= 0.3 is 5.97 Å². The lowest BCUT2D eigenvalue weighted by Gasteiger charge is -2.51. The number of terminal acetylenes is 1. The zero-order valence-corrected chi connectivity index (χ0v) is 21.3. The Bertz CT molecular complexity index is 648. The minimum absolute atomic E-state index is 0.0935. The monoisotopic (exact) mass is 446 g/mol. The highest BCUT2D eigenvalue weighted by atomic mass is 16.7. The maximum absolute atomic E-state index is 11.5. The molecule has 2 aliphatic rings. The standard InChI is InChI=1S/C28H46O4/c1-9-19(3)11-13-26-21(5)15-17-28(31-26)18-16-23(7)27(32-28)22(6)12-14-25(20(4)10-2)30-24(8)29/h2,9,19-23,25-27H,1,11-18H2,3-8H3/t19-,20-,21-,22-,23+,25+,26+,27+,28-/m1/s1. The number of rotatable bonds is 10. The number of carbonyl (C=O) groups excluding carboxylic acids is 1. The van der Waals surface area contributed by atoms with Gasteiger partial charge in [0.2, 0.25) is 0 Å². The summed E-state index contributed by atoms with van der Waals surface area (Å²) in [6, 6.07) is 0. The molecule has 4 nitrogen and oxygen atoms in total. The Morgan fingerprint density at radius 3 is 2.41 bits per heavy atom. The van der Waals surface area contributed by atoms with Crippen LogP contribution in [0.3, 0.4) is 0 Å². The van der Waals surface area contributed by atoms with Crippen molar-refractivity contribution in [2.45, 2.75) is 117 Å². The van der Waals surface area contributed by atoms with E-state index in [1.807, 2.05) is 13.0 Å². The molecule has 0 aromatic rings. The van der Waals surface area contributed by atoms with Crippen LogP contribution < -0.4 is 0 Å². The molecule has 2 fully saturated rings. The SMILES string of the molecule is C#C[C@@H](C)[C@H](CC[C@@H](C)[C@@H]1O[C@]2(CC[C@@H](C)[C@H](CC[C@H](C)C=C)O2)CC[C@@H]1C)OC(C)=O. The number of allylic oxidation sites excluding steroid dienone is 1. The van der Waals surface area contributed by atoms with Crippen LogP contribution in [0.1, 0.15) is 92.9 Å². The van der Waals surface area contributed by atoms with Gasteiger partial charge in [0.15, 0.2) is 5.79 Å². The van der Waals surface area contributed by atoms with Crippen molar-refractivity contribution in [2.75, 3.05) is 0 Å². The average molecular weight is 447 g/mol. The predicted octanol–water partition coefficient (Wildman–Crippen LogP) is 6.53. The van der Waals surface area contributed by atoms with Crippen LogP contribution in [0, 0.1) is 41.9 Å². The summed E-state index contributed by atoms with van der Waals surface area (Å²) in [6.07, 6.45) is 15.8. The first-order valence-electron chi connectivity index (χ1n) is 12.7. The van der Waals surface area contributed by atoms with Crippen LogP contribution in [0.15, 0.2) is 12.7 Å². The number of hydrogen-bond donors (Lipinski definition) is 0. The summed E-state index contributed by atoms with van der Waals surface area (Å²) in [5, 5.41) is 0. The lowest BCUT2D eigenvalue weighted by Crippen LogP contribution is -2.53. The molecular weight excluding hydrogens is 400 g/mol. The van der Waals surface area contributed by atoms with Gasteiger partial charge in [0.05, 0.1) is 18.1 Å². The fraction of sp³-hybridized carbons (Fsp3) is 0.821. The van der Waals surface area contributed by atoms with E-state index in [0.29, 0.717) is 23.7 Å².